The maximum Gasteiger partial charge on any atom is 0.274 e. The van der Waals surface area contributed by atoms with E-state index in [1.54, 1.807) is 17.7 Å². The molecule has 1 aliphatic rings. The number of hydrogen-bond donors (Lipinski definition) is 2. The minimum Gasteiger partial charge on any atom is -0.456 e. The van der Waals surface area contributed by atoms with Gasteiger partial charge in [0.25, 0.3) is 11.5 Å². The van der Waals surface area contributed by atoms with Crippen LogP contribution < -0.4 is 15.6 Å². The summed E-state index contributed by atoms with van der Waals surface area (Å²) in [5, 5.41) is 9.14. The van der Waals surface area contributed by atoms with Crippen LogP contribution in [0.25, 0.3) is 32.9 Å². The quantitative estimate of drug-likeness (QED) is 0.331. The number of para-hydroxylation sites is 1. The number of rotatable bonds is 6. The second kappa shape index (κ2) is 8.65. The molecule has 2 aromatic carbocycles. The van der Waals surface area contributed by atoms with Crippen molar-refractivity contribution < 1.29 is 9.53 Å². The fraction of sp³-hybridized carbons (Fsp3) is 0.276. The number of aryl methyl sites for hydroxylation is 3. The number of carbonyl (C=O) groups is 1. The average Bonchev–Trinajstić information content (AvgIpc) is 3.47. The number of ether oxygens (including phenoxy) is 1. The molecule has 5 aromatic rings. The highest BCUT2D eigenvalue weighted by atomic mass is 16.5. The van der Waals surface area contributed by atoms with Crippen molar-refractivity contribution in [2.24, 2.45) is 7.05 Å². The van der Waals surface area contributed by atoms with Crippen LogP contribution in [0.15, 0.2) is 53.6 Å². The Morgan fingerprint density at radius 2 is 1.92 bits per heavy atom. The highest BCUT2D eigenvalue weighted by Crippen LogP contribution is 2.43. The van der Waals surface area contributed by atoms with E-state index in [9.17, 15) is 9.59 Å². The Balaban J connectivity index is 1.63. The Kier molecular flexibility index (Phi) is 5.40. The minimum absolute atomic E-state index is 0.199. The molecule has 0 bridgehead atoms. The van der Waals surface area contributed by atoms with Gasteiger partial charge in [0.15, 0.2) is 0 Å². The fourth-order valence-corrected chi connectivity index (χ4v) is 4.97. The first-order valence-corrected chi connectivity index (χ1v) is 12.6. The lowest BCUT2D eigenvalue weighted by Gasteiger charge is -2.17. The van der Waals surface area contributed by atoms with Crippen molar-refractivity contribution in [1.29, 1.82) is 0 Å². The summed E-state index contributed by atoms with van der Waals surface area (Å²) in [5.41, 5.74) is 5.26. The van der Waals surface area contributed by atoms with Crippen molar-refractivity contribution in [3.63, 3.8) is 0 Å². The van der Waals surface area contributed by atoms with Crippen molar-refractivity contribution in [1.82, 2.24) is 24.6 Å². The van der Waals surface area contributed by atoms with E-state index in [1.165, 1.54) is 0 Å². The molecule has 6 rings (SSSR count). The standard InChI is InChI=1S/C29H29N5O3/c1-5-30-28(35)23-12-21-22(15-33(4)29(36)26(21)32-23)20-13-24-18(14-31-34(24)19-9-10-19)11-25(20)37-27-16(2)7-6-8-17(27)3/h6-8,11-15,19,32H,5,9-10H2,1-4H3,(H,30,35). The fourth-order valence-electron chi connectivity index (χ4n) is 4.97. The van der Waals surface area contributed by atoms with Gasteiger partial charge in [-0.3, -0.25) is 14.3 Å². The molecule has 0 radical (unpaired) electrons. The molecule has 1 aliphatic carbocycles. The van der Waals surface area contributed by atoms with Crippen molar-refractivity contribution >= 4 is 27.7 Å². The number of aromatic nitrogens is 4. The molecule has 0 spiro atoms. The zero-order chi connectivity index (χ0) is 25.8. The Morgan fingerprint density at radius 1 is 1.16 bits per heavy atom. The van der Waals surface area contributed by atoms with Crippen LogP contribution in [-0.4, -0.2) is 31.8 Å². The summed E-state index contributed by atoms with van der Waals surface area (Å²) in [7, 11) is 1.72. The largest absolute Gasteiger partial charge is 0.456 e. The molecule has 0 aliphatic heterocycles. The van der Waals surface area contributed by atoms with Crippen LogP contribution in [0.1, 0.15) is 47.4 Å². The predicted octanol–water partition coefficient (Wildman–Crippen LogP) is 5.38. The first kappa shape index (κ1) is 23.1. The van der Waals surface area contributed by atoms with Gasteiger partial charge in [-0.25, -0.2) is 0 Å². The van der Waals surface area contributed by atoms with E-state index >= 15 is 0 Å². The maximum absolute atomic E-state index is 13.0. The van der Waals surface area contributed by atoms with E-state index in [4.69, 9.17) is 4.74 Å². The van der Waals surface area contributed by atoms with Gasteiger partial charge < -0.3 is 19.6 Å². The van der Waals surface area contributed by atoms with Gasteiger partial charge in [0.05, 0.1) is 17.8 Å². The van der Waals surface area contributed by atoms with Gasteiger partial charge in [0, 0.05) is 41.7 Å². The number of carbonyl (C=O) groups excluding carboxylic acids is 1. The summed E-state index contributed by atoms with van der Waals surface area (Å²) >= 11 is 0. The molecule has 8 heteroatoms. The molecule has 1 saturated carbocycles. The van der Waals surface area contributed by atoms with Crippen molar-refractivity contribution in [2.45, 2.75) is 39.7 Å². The molecule has 2 N–H and O–H groups in total. The van der Waals surface area contributed by atoms with E-state index in [-0.39, 0.29) is 11.5 Å². The van der Waals surface area contributed by atoms with Gasteiger partial charge in [-0.05, 0) is 62.9 Å². The van der Waals surface area contributed by atoms with E-state index in [1.807, 2.05) is 57.4 Å². The zero-order valence-corrected chi connectivity index (χ0v) is 21.4. The van der Waals surface area contributed by atoms with Gasteiger partial charge in [0.1, 0.15) is 22.7 Å². The first-order chi connectivity index (χ1) is 17.9. The van der Waals surface area contributed by atoms with Crippen LogP contribution in [0.3, 0.4) is 0 Å². The molecule has 3 aromatic heterocycles. The Labute approximate surface area is 213 Å². The Morgan fingerprint density at radius 3 is 2.62 bits per heavy atom. The number of nitrogens with one attached hydrogen (secondary N) is 2. The molecule has 0 atom stereocenters. The van der Waals surface area contributed by atoms with E-state index in [0.29, 0.717) is 34.9 Å². The molecule has 0 unspecified atom stereocenters. The number of H-pyrrole nitrogens is 1. The Bertz CT molecular complexity index is 1730. The molecule has 1 amide bonds. The topological polar surface area (TPSA) is 93.9 Å². The molecular formula is C29H29N5O3. The van der Waals surface area contributed by atoms with Crippen LogP contribution in [0.4, 0.5) is 0 Å². The molecule has 8 nitrogen and oxygen atoms in total. The van der Waals surface area contributed by atoms with Gasteiger partial charge in [-0.1, -0.05) is 18.2 Å². The van der Waals surface area contributed by atoms with Gasteiger partial charge >= 0.3 is 0 Å². The molecule has 1 fully saturated rings. The van der Waals surface area contributed by atoms with Crippen LogP contribution >= 0.6 is 0 Å². The normalized spacial score (nSPS) is 13.4. The molecular weight excluding hydrogens is 466 g/mol. The van der Waals surface area contributed by atoms with Crippen molar-refractivity contribution in [3.05, 3.63) is 76.0 Å². The van der Waals surface area contributed by atoms with E-state index in [2.05, 4.69) is 26.1 Å². The number of nitrogens with zero attached hydrogens (tertiary/aromatic N) is 3. The number of amides is 1. The summed E-state index contributed by atoms with van der Waals surface area (Å²) in [6.45, 7) is 6.41. The summed E-state index contributed by atoms with van der Waals surface area (Å²) < 4.78 is 10.2. The number of benzene rings is 2. The number of hydrogen-bond acceptors (Lipinski definition) is 4. The number of pyridine rings is 1. The SMILES string of the molecule is CCNC(=O)c1cc2c(-c3cc4c(cnn4C4CC4)cc3Oc3c(C)cccc3C)cn(C)c(=O)c2[nH]1. The number of aromatic amines is 1. The molecule has 188 valence electrons. The van der Waals surface area contributed by atoms with Gasteiger partial charge in [-0.15, -0.1) is 0 Å². The van der Waals surface area contributed by atoms with Crippen molar-refractivity contribution in [2.75, 3.05) is 6.54 Å². The van der Waals surface area contributed by atoms with Crippen LogP contribution in [-0.2, 0) is 7.05 Å². The summed E-state index contributed by atoms with van der Waals surface area (Å²) in [4.78, 5) is 28.7. The average molecular weight is 496 g/mol. The third-order valence-corrected chi connectivity index (χ3v) is 7.05. The third-order valence-electron chi connectivity index (χ3n) is 7.05. The maximum atomic E-state index is 13.0. The lowest BCUT2D eigenvalue weighted by molar-refractivity contribution is 0.0951. The summed E-state index contributed by atoms with van der Waals surface area (Å²) in [5.74, 6) is 1.22. The minimum atomic E-state index is -0.249. The highest BCUT2D eigenvalue weighted by Gasteiger charge is 2.27. The van der Waals surface area contributed by atoms with Crippen LogP contribution in [0.5, 0.6) is 11.5 Å². The smallest absolute Gasteiger partial charge is 0.274 e. The third kappa shape index (κ3) is 3.89. The van der Waals surface area contributed by atoms with Gasteiger partial charge in [0.2, 0.25) is 0 Å². The lowest BCUT2D eigenvalue weighted by Crippen LogP contribution is -2.23. The van der Waals surface area contributed by atoms with Gasteiger partial charge in [-0.2, -0.15) is 5.10 Å². The monoisotopic (exact) mass is 495 g/mol. The highest BCUT2D eigenvalue weighted by molar-refractivity contribution is 6.04. The zero-order valence-electron chi connectivity index (χ0n) is 21.4. The molecule has 37 heavy (non-hydrogen) atoms. The second-order valence-corrected chi connectivity index (χ2v) is 9.84. The van der Waals surface area contributed by atoms with Crippen LogP contribution in [0, 0.1) is 13.8 Å². The number of fused-ring (bicyclic) bond motifs is 2. The second-order valence-electron chi connectivity index (χ2n) is 9.84. The lowest BCUT2D eigenvalue weighted by atomic mass is 10.0. The van der Waals surface area contributed by atoms with Crippen molar-refractivity contribution in [3.8, 4) is 22.6 Å². The van der Waals surface area contributed by atoms with E-state index < -0.39 is 0 Å². The summed E-state index contributed by atoms with van der Waals surface area (Å²) in [6, 6.07) is 12.4. The molecule has 0 saturated heterocycles. The van der Waals surface area contributed by atoms with Crippen LogP contribution in [0.2, 0.25) is 0 Å². The first-order valence-electron chi connectivity index (χ1n) is 12.6. The summed E-state index contributed by atoms with van der Waals surface area (Å²) in [6.07, 6.45) is 5.93. The Hall–Kier alpha value is -4.33. The molecule has 3 heterocycles. The predicted molar refractivity (Wildman–Crippen MR) is 145 cm³/mol. The van der Waals surface area contributed by atoms with E-state index in [0.717, 1.165) is 51.7 Å².